The lowest BCUT2D eigenvalue weighted by molar-refractivity contribution is -0.385. The van der Waals surface area contributed by atoms with Crippen molar-refractivity contribution in [3.63, 3.8) is 0 Å². The molecule has 3 rings (SSSR count). The van der Waals surface area contributed by atoms with Crippen LogP contribution in [0.1, 0.15) is 19.3 Å². The van der Waals surface area contributed by atoms with E-state index in [1.807, 2.05) is 0 Å². The summed E-state index contributed by atoms with van der Waals surface area (Å²) in [7, 11) is 0. The van der Waals surface area contributed by atoms with Gasteiger partial charge < -0.3 is 9.64 Å². The summed E-state index contributed by atoms with van der Waals surface area (Å²) in [5.74, 6) is 1.11. The van der Waals surface area contributed by atoms with Gasteiger partial charge in [-0.1, -0.05) is 0 Å². The van der Waals surface area contributed by atoms with Crippen LogP contribution in [0, 0.1) is 16.0 Å². The van der Waals surface area contributed by atoms with Crippen molar-refractivity contribution in [3.05, 3.63) is 22.5 Å². The molecular formula is C12H16N4O3. The van der Waals surface area contributed by atoms with Gasteiger partial charge in [0.2, 0.25) is 5.95 Å². The van der Waals surface area contributed by atoms with Crippen molar-refractivity contribution in [2.24, 2.45) is 5.92 Å². The van der Waals surface area contributed by atoms with Gasteiger partial charge in [-0.15, -0.1) is 0 Å². The van der Waals surface area contributed by atoms with Gasteiger partial charge in [0.15, 0.2) is 0 Å². The van der Waals surface area contributed by atoms with Crippen LogP contribution in [0.4, 0.5) is 11.6 Å². The third-order valence-electron chi connectivity index (χ3n) is 3.56. The second kappa shape index (κ2) is 5.08. The van der Waals surface area contributed by atoms with Crippen molar-refractivity contribution in [2.75, 3.05) is 24.7 Å². The number of ether oxygens (including phenoxy) is 1. The molecule has 0 radical (unpaired) electrons. The Kier molecular flexibility index (Phi) is 3.29. The van der Waals surface area contributed by atoms with Gasteiger partial charge in [0, 0.05) is 25.1 Å². The molecule has 0 unspecified atom stereocenters. The van der Waals surface area contributed by atoms with E-state index in [1.165, 1.54) is 12.4 Å². The smallest absolute Gasteiger partial charge is 0.305 e. The van der Waals surface area contributed by atoms with Crippen LogP contribution in [0.5, 0.6) is 0 Å². The summed E-state index contributed by atoms with van der Waals surface area (Å²) in [5, 5.41) is 10.6. The number of nitro groups is 1. The molecule has 0 bridgehead atoms. The zero-order valence-electron chi connectivity index (χ0n) is 10.6. The summed E-state index contributed by atoms with van der Waals surface area (Å²) >= 11 is 0. The largest absolute Gasteiger partial charge is 0.381 e. The molecule has 0 N–H and O–H groups in total. The molecule has 0 spiro atoms. The first-order chi connectivity index (χ1) is 9.24. The molecule has 7 heteroatoms. The summed E-state index contributed by atoms with van der Waals surface area (Å²) in [4.78, 5) is 20.6. The molecule has 0 aromatic carbocycles. The maximum Gasteiger partial charge on any atom is 0.305 e. The van der Waals surface area contributed by atoms with E-state index in [9.17, 15) is 10.1 Å². The molecule has 1 atom stereocenters. The molecule has 2 aliphatic rings. The Bertz CT molecular complexity index is 455. The standard InChI is InChI=1S/C12H16N4O3/c17-16(18)11-5-13-12(14-6-11)15(10-1-2-10)7-9-3-4-19-8-9/h5-6,9-10H,1-4,7-8H2/t9-/m1/s1. The summed E-state index contributed by atoms with van der Waals surface area (Å²) in [6, 6.07) is 0.488. The van der Waals surface area contributed by atoms with Crippen molar-refractivity contribution in [1.82, 2.24) is 9.97 Å². The van der Waals surface area contributed by atoms with Crippen LogP contribution in [0.15, 0.2) is 12.4 Å². The molecule has 19 heavy (non-hydrogen) atoms. The van der Waals surface area contributed by atoms with Crippen molar-refractivity contribution >= 4 is 11.6 Å². The number of hydrogen-bond donors (Lipinski definition) is 0. The van der Waals surface area contributed by atoms with Gasteiger partial charge in [-0.05, 0) is 19.3 Å². The summed E-state index contributed by atoms with van der Waals surface area (Å²) < 4.78 is 5.39. The first-order valence-corrected chi connectivity index (χ1v) is 6.55. The van der Waals surface area contributed by atoms with E-state index < -0.39 is 4.92 Å². The van der Waals surface area contributed by atoms with Crippen LogP contribution in [-0.4, -0.2) is 40.7 Å². The Hall–Kier alpha value is -1.76. The Morgan fingerprint density at radius 3 is 2.63 bits per heavy atom. The normalized spacial score (nSPS) is 22.4. The quantitative estimate of drug-likeness (QED) is 0.590. The van der Waals surface area contributed by atoms with Crippen LogP contribution in [0.25, 0.3) is 0 Å². The highest BCUT2D eigenvalue weighted by molar-refractivity contribution is 5.37. The number of anilines is 1. The molecule has 1 aromatic rings. The van der Waals surface area contributed by atoms with E-state index in [2.05, 4.69) is 14.9 Å². The molecule has 7 nitrogen and oxygen atoms in total. The zero-order valence-corrected chi connectivity index (χ0v) is 10.6. The van der Waals surface area contributed by atoms with E-state index in [4.69, 9.17) is 4.74 Å². The van der Waals surface area contributed by atoms with Crippen LogP contribution in [0.2, 0.25) is 0 Å². The third-order valence-corrected chi connectivity index (χ3v) is 3.56. The molecule has 2 fully saturated rings. The Labute approximate surface area is 110 Å². The van der Waals surface area contributed by atoms with Crippen LogP contribution < -0.4 is 4.90 Å². The van der Waals surface area contributed by atoms with Gasteiger partial charge in [-0.2, -0.15) is 0 Å². The fraction of sp³-hybridized carbons (Fsp3) is 0.667. The highest BCUT2D eigenvalue weighted by Crippen LogP contribution is 2.31. The minimum Gasteiger partial charge on any atom is -0.381 e. The van der Waals surface area contributed by atoms with Gasteiger partial charge >= 0.3 is 5.69 Å². The SMILES string of the molecule is O=[N+]([O-])c1cnc(N(C[C@H]2CCOC2)C2CC2)nc1. The molecule has 1 aliphatic carbocycles. The van der Waals surface area contributed by atoms with Gasteiger partial charge in [-0.3, -0.25) is 10.1 Å². The highest BCUT2D eigenvalue weighted by atomic mass is 16.6. The molecule has 0 amide bonds. The average Bonchev–Trinajstić information content (AvgIpc) is 3.13. The molecule has 2 heterocycles. The second-order valence-electron chi connectivity index (χ2n) is 5.11. The van der Waals surface area contributed by atoms with Gasteiger partial charge in [-0.25, -0.2) is 9.97 Å². The zero-order chi connectivity index (χ0) is 13.2. The predicted octanol–water partition coefficient (Wildman–Crippen LogP) is 1.39. The van der Waals surface area contributed by atoms with Crippen molar-refractivity contribution in [3.8, 4) is 0 Å². The fourth-order valence-corrected chi connectivity index (χ4v) is 2.34. The number of hydrogen-bond acceptors (Lipinski definition) is 6. The average molecular weight is 264 g/mol. The van der Waals surface area contributed by atoms with Crippen LogP contribution in [-0.2, 0) is 4.74 Å². The van der Waals surface area contributed by atoms with E-state index in [-0.39, 0.29) is 5.69 Å². The Morgan fingerprint density at radius 1 is 1.37 bits per heavy atom. The topological polar surface area (TPSA) is 81.4 Å². The van der Waals surface area contributed by atoms with Gasteiger partial charge in [0.1, 0.15) is 12.4 Å². The molecule has 1 saturated heterocycles. The van der Waals surface area contributed by atoms with Crippen molar-refractivity contribution < 1.29 is 9.66 Å². The predicted molar refractivity (Wildman–Crippen MR) is 68.0 cm³/mol. The number of rotatable bonds is 5. The summed E-state index contributed by atoms with van der Waals surface area (Å²) in [6.45, 7) is 2.49. The third kappa shape index (κ3) is 2.81. The maximum atomic E-state index is 10.6. The first-order valence-electron chi connectivity index (χ1n) is 6.55. The van der Waals surface area contributed by atoms with Gasteiger partial charge in [0.25, 0.3) is 0 Å². The van der Waals surface area contributed by atoms with E-state index in [0.29, 0.717) is 17.9 Å². The van der Waals surface area contributed by atoms with E-state index in [1.54, 1.807) is 0 Å². The lowest BCUT2D eigenvalue weighted by Crippen LogP contribution is -2.33. The van der Waals surface area contributed by atoms with Gasteiger partial charge in [0.05, 0.1) is 11.5 Å². The summed E-state index contributed by atoms with van der Waals surface area (Å²) in [5.41, 5.74) is -0.0660. The molecular weight excluding hydrogens is 248 g/mol. The lowest BCUT2D eigenvalue weighted by atomic mass is 10.1. The molecule has 1 aromatic heterocycles. The van der Waals surface area contributed by atoms with Crippen LogP contribution in [0.3, 0.4) is 0 Å². The molecule has 1 aliphatic heterocycles. The maximum absolute atomic E-state index is 10.6. The number of aromatic nitrogens is 2. The monoisotopic (exact) mass is 264 g/mol. The highest BCUT2D eigenvalue weighted by Gasteiger charge is 2.33. The van der Waals surface area contributed by atoms with Crippen LogP contribution >= 0.6 is 0 Å². The first kappa shape index (κ1) is 12.3. The van der Waals surface area contributed by atoms with E-state index >= 15 is 0 Å². The summed E-state index contributed by atoms with van der Waals surface area (Å²) in [6.07, 6.45) is 5.92. The van der Waals surface area contributed by atoms with Crippen molar-refractivity contribution in [2.45, 2.75) is 25.3 Å². The number of nitrogens with zero attached hydrogens (tertiary/aromatic N) is 4. The Balaban J connectivity index is 1.73. The Morgan fingerprint density at radius 2 is 2.11 bits per heavy atom. The minimum absolute atomic E-state index is 0.0660. The fourth-order valence-electron chi connectivity index (χ4n) is 2.34. The molecule has 102 valence electrons. The second-order valence-corrected chi connectivity index (χ2v) is 5.11. The van der Waals surface area contributed by atoms with E-state index in [0.717, 1.165) is 39.0 Å². The minimum atomic E-state index is -0.476. The molecule has 1 saturated carbocycles. The lowest BCUT2D eigenvalue weighted by Gasteiger charge is -2.24. The van der Waals surface area contributed by atoms with Crippen molar-refractivity contribution in [1.29, 1.82) is 0 Å².